The van der Waals surface area contributed by atoms with E-state index < -0.39 is 12.4 Å². The van der Waals surface area contributed by atoms with Crippen molar-refractivity contribution in [2.24, 2.45) is 0 Å². The Labute approximate surface area is 112 Å². The Bertz CT molecular complexity index is 553. The van der Waals surface area contributed by atoms with Gasteiger partial charge in [-0.25, -0.2) is 0 Å². The maximum absolute atomic E-state index is 10.6. The molecule has 0 spiro atoms. The number of fused-ring (bicyclic) bond motifs is 1. The molecule has 1 heterocycles. The SMILES string of the molecule is COC1Oc2ccccc2C(O)C1c1ccccc1. The van der Waals surface area contributed by atoms with Gasteiger partial charge in [-0.15, -0.1) is 0 Å². The molecule has 1 aliphatic heterocycles. The lowest BCUT2D eigenvalue weighted by molar-refractivity contribution is -0.112. The summed E-state index contributed by atoms with van der Waals surface area (Å²) in [7, 11) is 1.60. The van der Waals surface area contributed by atoms with E-state index in [1.807, 2.05) is 54.6 Å². The summed E-state index contributed by atoms with van der Waals surface area (Å²) in [6, 6.07) is 17.4. The smallest absolute Gasteiger partial charge is 0.209 e. The Balaban J connectivity index is 2.04. The van der Waals surface area contributed by atoms with Crippen molar-refractivity contribution in [1.29, 1.82) is 0 Å². The molecule has 3 unspecified atom stereocenters. The highest BCUT2D eigenvalue weighted by molar-refractivity contribution is 5.40. The summed E-state index contributed by atoms with van der Waals surface area (Å²) in [5, 5.41) is 10.6. The fraction of sp³-hybridized carbons (Fsp3) is 0.250. The lowest BCUT2D eigenvalue weighted by Gasteiger charge is -2.36. The van der Waals surface area contributed by atoms with Crippen molar-refractivity contribution in [3.63, 3.8) is 0 Å². The zero-order valence-corrected chi connectivity index (χ0v) is 10.7. The largest absolute Gasteiger partial charge is 0.464 e. The molecule has 3 heteroatoms. The third kappa shape index (κ3) is 2.11. The Morgan fingerprint density at radius 3 is 2.42 bits per heavy atom. The van der Waals surface area contributed by atoms with Crippen LogP contribution in [0.5, 0.6) is 5.75 Å². The van der Waals surface area contributed by atoms with Crippen molar-refractivity contribution < 1.29 is 14.6 Å². The summed E-state index contributed by atoms with van der Waals surface area (Å²) in [6.07, 6.45) is -1.11. The summed E-state index contributed by atoms with van der Waals surface area (Å²) in [5.41, 5.74) is 1.82. The van der Waals surface area contributed by atoms with Gasteiger partial charge in [0.2, 0.25) is 6.29 Å². The van der Waals surface area contributed by atoms with E-state index in [-0.39, 0.29) is 5.92 Å². The first-order chi connectivity index (χ1) is 9.31. The molecule has 1 aliphatic rings. The molecule has 2 aromatic carbocycles. The molecule has 0 fully saturated rings. The standard InChI is InChI=1S/C16H16O3/c1-18-16-14(11-7-3-2-4-8-11)15(17)12-9-5-6-10-13(12)19-16/h2-10,14-17H,1H3. The summed E-state index contributed by atoms with van der Waals surface area (Å²) in [6.45, 7) is 0. The number of aliphatic hydroxyl groups is 1. The van der Waals surface area contributed by atoms with Gasteiger partial charge in [0.05, 0.1) is 12.0 Å². The van der Waals surface area contributed by atoms with E-state index >= 15 is 0 Å². The predicted octanol–water partition coefficient (Wildman–Crippen LogP) is 2.87. The highest BCUT2D eigenvalue weighted by atomic mass is 16.7. The van der Waals surface area contributed by atoms with Crippen LogP contribution in [-0.4, -0.2) is 18.5 Å². The molecule has 0 radical (unpaired) electrons. The Hall–Kier alpha value is -1.84. The summed E-state index contributed by atoms with van der Waals surface area (Å²) in [4.78, 5) is 0. The van der Waals surface area contributed by atoms with Crippen molar-refractivity contribution >= 4 is 0 Å². The molecule has 1 N–H and O–H groups in total. The number of rotatable bonds is 2. The number of benzene rings is 2. The van der Waals surface area contributed by atoms with Gasteiger partial charge in [0.25, 0.3) is 0 Å². The van der Waals surface area contributed by atoms with Gasteiger partial charge < -0.3 is 14.6 Å². The number of para-hydroxylation sites is 1. The van der Waals surface area contributed by atoms with Crippen LogP contribution >= 0.6 is 0 Å². The van der Waals surface area contributed by atoms with Gasteiger partial charge in [-0.3, -0.25) is 0 Å². The van der Waals surface area contributed by atoms with Crippen LogP contribution < -0.4 is 4.74 Å². The molecule has 0 saturated heterocycles. The topological polar surface area (TPSA) is 38.7 Å². The van der Waals surface area contributed by atoms with E-state index in [4.69, 9.17) is 9.47 Å². The molecular formula is C16H16O3. The maximum atomic E-state index is 10.6. The number of aliphatic hydroxyl groups excluding tert-OH is 1. The first-order valence-corrected chi connectivity index (χ1v) is 6.32. The summed E-state index contributed by atoms with van der Waals surface area (Å²) in [5.74, 6) is 0.468. The lowest BCUT2D eigenvalue weighted by Crippen LogP contribution is -2.35. The minimum Gasteiger partial charge on any atom is -0.464 e. The number of methoxy groups -OCH3 is 1. The van der Waals surface area contributed by atoms with Crippen LogP contribution in [0.1, 0.15) is 23.1 Å². The van der Waals surface area contributed by atoms with Crippen LogP contribution in [0.3, 0.4) is 0 Å². The van der Waals surface area contributed by atoms with Crippen LogP contribution in [-0.2, 0) is 4.74 Å². The molecule has 0 aliphatic carbocycles. The van der Waals surface area contributed by atoms with E-state index in [9.17, 15) is 5.11 Å². The number of hydrogen-bond donors (Lipinski definition) is 1. The van der Waals surface area contributed by atoms with Crippen LogP contribution in [0.15, 0.2) is 54.6 Å². The molecule has 0 bridgehead atoms. The molecule has 0 aromatic heterocycles. The fourth-order valence-corrected chi connectivity index (χ4v) is 2.58. The predicted molar refractivity (Wildman–Crippen MR) is 72.0 cm³/mol. The average molecular weight is 256 g/mol. The normalized spacial score (nSPS) is 25.5. The van der Waals surface area contributed by atoms with Gasteiger partial charge in [0.1, 0.15) is 5.75 Å². The van der Waals surface area contributed by atoms with Crippen LogP contribution in [0, 0.1) is 0 Å². The maximum Gasteiger partial charge on any atom is 0.209 e. The van der Waals surface area contributed by atoms with Crippen molar-refractivity contribution in [1.82, 2.24) is 0 Å². The Morgan fingerprint density at radius 2 is 1.68 bits per heavy atom. The molecule has 0 amide bonds. The average Bonchev–Trinajstić information content (AvgIpc) is 2.48. The number of ether oxygens (including phenoxy) is 2. The highest BCUT2D eigenvalue weighted by Gasteiger charge is 2.38. The summed E-state index contributed by atoms with van der Waals surface area (Å²) < 4.78 is 11.2. The van der Waals surface area contributed by atoms with Crippen molar-refractivity contribution in [2.45, 2.75) is 18.3 Å². The minimum atomic E-state index is -0.628. The summed E-state index contributed by atoms with van der Waals surface area (Å²) >= 11 is 0. The van der Waals surface area contributed by atoms with Gasteiger partial charge in [0.15, 0.2) is 0 Å². The van der Waals surface area contributed by atoms with Gasteiger partial charge in [-0.1, -0.05) is 48.5 Å². The van der Waals surface area contributed by atoms with Crippen LogP contribution in [0.4, 0.5) is 0 Å². The lowest BCUT2D eigenvalue weighted by atomic mass is 9.86. The zero-order valence-electron chi connectivity index (χ0n) is 10.7. The van der Waals surface area contributed by atoms with E-state index in [1.54, 1.807) is 7.11 Å². The molecule has 3 rings (SSSR count). The van der Waals surface area contributed by atoms with Gasteiger partial charge >= 0.3 is 0 Å². The van der Waals surface area contributed by atoms with E-state index in [2.05, 4.69) is 0 Å². The second-order valence-electron chi connectivity index (χ2n) is 4.64. The molecule has 3 atom stereocenters. The monoisotopic (exact) mass is 256 g/mol. The number of hydrogen-bond acceptors (Lipinski definition) is 3. The molecule has 19 heavy (non-hydrogen) atoms. The highest BCUT2D eigenvalue weighted by Crippen LogP contribution is 2.43. The minimum absolute atomic E-state index is 0.221. The molecule has 98 valence electrons. The first kappa shape index (κ1) is 12.2. The third-order valence-corrected chi connectivity index (χ3v) is 3.53. The molecular weight excluding hydrogens is 240 g/mol. The van der Waals surface area contributed by atoms with Crippen molar-refractivity contribution in [3.05, 3.63) is 65.7 Å². The van der Waals surface area contributed by atoms with E-state index in [0.717, 1.165) is 11.1 Å². The first-order valence-electron chi connectivity index (χ1n) is 6.32. The molecule has 3 nitrogen and oxygen atoms in total. The van der Waals surface area contributed by atoms with Crippen molar-refractivity contribution in [3.8, 4) is 5.75 Å². The van der Waals surface area contributed by atoms with Crippen LogP contribution in [0.2, 0.25) is 0 Å². The zero-order chi connectivity index (χ0) is 13.2. The van der Waals surface area contributed by atoms with E-state index in [1.165, 1.54) is 0 Å². The van der Waals surface area contributed by atoms with Crippen LogP contribution in [0.25, 0.3) is 0 Å². The van der Waals surface area contributed by atoms with Gasteiger partial charge in [0, 0.05) is 12.7 Å². The van der Waals surface area contributed by atoms with Crippen molar-refractivity contribution in [2.75, 3.05) is 7.11 Å². The fourth-order valence-electron chi connectivity index (χ4n) is 2.58. The van der Waals surface area contributed by atoms with Gasteiger partial charge in [-0.2, -0.15) is 0 Å². The molecule has 2 aromatic rings. The molecule has 0 saturated carbocycles. The Morgan fingerprint density at radius 1 is 1.00 bits per heavy atom. The van der Waals surface area contributed by atoms with Gasteiger partial charge in [-0.05, 0) is 11.6 Å². The van der Waals surface area contributed by atoms with E-state index in [0.29, 0.717) is 5.75 Å². The second kappa shape index (κ2) is 5.03. The quantitative estimate of drug-likeness (QED) is 0.898. The third-order valence-electron chi connectivity index (χ3n) is 3.53. The second-order valence-corrected chi connectivity index (χ2v) is 4.64. The Kier molecular flexibility index (Phi) is 3.23.